The van der Waals surface area contributed by atoms with Gasteiger partial charge in [-0.1, -0.05) is 0 Å². The van der Waals surface area contributed by atoms with Gasteiger partial charge in [-0.2, -0.15) is 26.3 Å². The number of pyridine rings is 1. The fourth-order valence-electron chi connectivity index (χ4n) is 4.31. The van der Waals surface area contributed by atoms with Crippen molar-refractivity contribution in [2.24, 2.45) is 0 Å². The zero-order valence-electron chi connectivity index (χ0n) is 22.0. The molecule has 2 aliphatic rings. The molecule has 3 aromatic rings. The molecule has 42 heavy (non-hydrogen) atoms. The maximum atomic E-state index is 10.6. The number of rotatable bonds is 4. The zero-order valence-corrected chi connectivity index (χ0v) is 22.0. The molecular weight excluding hydrogens is 578 g/mol. The van der Waals surface area contributed by atoms with Gasteiger partial charge in [-0.05, 0) is 48.4 Å². The Hall–Kier alpha value is -4.18. The average Bonchev–Trinajstić information content (AvgIpc) is 3.52. The molecule has 1 fully saturated rings. The minimum absolute atomic E-state index is 0.137. The highest BCUT2D eigenvalue weighted by atomic mass is 19.4. The van der Waals surface area contributed by atoms with Crippen molar-refractivity contribution >= 4 is 11.9 Å². The number of halogens is 6. The van der Waals surface area contributed by atoms with Gasteiger partial charge in [0, 0.05) is 37.6 Å². The Bertz CT molecular complexity index is 1320. The first-order valence-electron chi connectivity index (χ1n) is 12.2. The van der Waals surface area contributed by atoms with Crippen LogP contribution in [0.5, 0.6) is 5.75 Å². The van der Waals surface area contributed by atoms with Crippen LogP contribution < -0.4 is 4.74 Å². The second kappa shape index (κ2) is 13.2. The molecule has 4 heterocycles. The van der Waals surface area contributed by atoms with Crippen LogP contribution in [0.2, 0.25) is 0 Å². The molecule has 16 heteroatoms. The first-order valence-corrected chi connectivity index (χ1v) is 12.2. The summed E-state index contributed by atoms with van der Waals surface area (Å²) in [6.45, 7) is 4.34. The van der Waals surface area contributed by atoms with E-state index in [0.717, 1.165) is 55.4 Å². The number of likely N-dealkylation sites (tertiary alicyclic amines) is 1. The molecular formula is C26H26F6N4O6. The standard InChI is InChI=1S/C22H24N4O2.2C2HF3O2/c1-27-19-4-2-18(3-5-19)20-12-24-21-14-28-22(16-26(20)21)8-11-25(15-22)13-17-6-9-23-10-7-17;2*3-2(4,5)1(6)7/h2-7,9-10,12H,8,11,13-16H2,1H3;2*(H,6,7). The van der Waals surface area contributed by atoms with E-state index in [-0.39, 0.29) is 5.60 Å². The number of carboxylic acid groups (broad SMARTS) is 2. The SMILES string of the molecule is COc1ccc(-c2cnc3n2CC2(CCN(Cc4ccncc4)C2)OC3)cc1.O=C(O)C(F)(F)F.O=C(O)C(F)(F)F. The van der Waals surface area contributed by atoms with Gasteiger partial charge in [-0.25, -0.2) is 14.6 Å². The minimum Gasteiger partial charge on any atom is -0.497 e. The molecule has 5 rings (SSSR count). The quantitative estimate of drug-likeness (QED) is 0.417. The van der Waals surface area contributed by atoms with Crippen molar-refractivity contribution in [3.63, 3.8) is 0 Å². The van der Waals surface area contributed by atoms with E-state index >= 15 is 0 Å². The number of carbonyl (C=O) groups is 2. The number of fused-ring (bicyclic) bond motifs is 1. The molecule has 1 spiro atoms. The van der Waals surface area contributed by atoms with E-state index < -0.39 is 24.3 Å². The Morgan fingerprint density at radius 3 is 2.07 bits per heavy atom. The number of methoxy groups -OCH3 is 1. The van der Waals surface area contributed by atoms with E-state index in [1.54, 1.807) is 7.11 Å². The number of nitrogens with zero attached hydrogens (tertiary/aromatic N) is 4. The molecule has 2 aromatic heterocycles. The van der Waals surface area contributed by atoms with Crippen molar-refractivity contribution in [3.05, 3.63) is 66.4 Å². The van der Waals surface area contributed by atoms with Gasteiger partial charge in [0.25, 0.3) is 0 Å². The maximum Gasteiger partial charge on any atom is 0.490 e. The normalized spacial score (nSPS) is 18.3. The molecule has 0 amide bonds. The third-order valence-electron chi connectivity index (χ3n) is 6.31. The fourth-order valence-corrected chi connectivity index (χ4v) is 4.31. The van der Waals surface area contributed by atoms with Gasteiger partial charge in [0.05, 0.1) is 25.5 Å². The van der Waals surface area contributed by atoms with Crippen LogP contribution in [0.3, 0.4) is 0 Å². The second-order valence-electron chi connectivity index (χ2n) is 9.27. The largest absolute Gasteiger partial charge is 0.497 e. The lowest BCUT2D eigenvalue weighted by atomic mass is 10.0. The second-order valence-corrected chi connectivity index (χ2v) is 9.27. The van der Waals surface area contributed by atoms with E-state index in [0.29, 0.717) is 6.61 Å². The van der Waals surface area contributed by atoms with Crippen LogP contribution in [0.1, 0.15) is 17.8 Å². The first kappa shape index (κ1) is 32.3. The number of aliphatic carboxylic acids is 2. The molecule has 0 radical (unpaired) electrons. The lowest BCUT2D eigenvalue weighted by molar-refractivity contribution is -0.193. The van der Waals surface area contributed by atoms with Crippen molar-refractivity contribution in [2.75, 3.05) is 20.2 Å². The summed E-state index contributed by atoms with van der Waals surface area (Å²) in [5, 5.41) is 14.2. The molecule has 1 saturated heterocycles. The van der Waals surface area contributed by atoms with E-state index in [9.17, 15) is 26.3 Å². The van der Waals surface area contributed by atoms with Crippen LogP contribution in [0.15, 0.2) is 55.0 Å². The monoisotopic (exact) mass is 604 g/mol. The lowest BCUT2D eigenvalue weighted by Crippen LogP contribution is -2.44. The van der Waals surface area contributed by atoms with Crippen molar-refractivity contribution < 1.29 is 55.6 Å². The summed E-state index contributed by atoms with van der Waals surface area (Å²) in [6.07, 6.45) is -3.45. The molecule has 1 aromatic carbocycles. The number of hydrogen-bond acceptors (Lipinski definition) is 7. The minimum atomic E-state index is -5.08. The van der Waals surface area contributed by atoms with Crippen molar-refractivity contribution in [3.8, 4) is 17.0 Å². The van der Waals surface area contributed by atoms with E-state index in [1.165, 1.54) is 5.56 Å². The molecule has 0 saturated carbocycles. The molecule has 2 N–H and O–H groups in total. The van der Waals surface area contributed by atoms with Gasteiger partial charge < -0.3 is 24.3 Å². The molecule has 0 aliphatic carbocycles. The van der Waals surface area contributed by atoms with Gasteiger partial charge in [0.1, 0.15) is 23.8 Å². The van der Waals surface area contributed by atoms with Crippen LogP contribution in [0.4, 0.5) is 26.3 Å². The summed E-state index contributed by atoms with van der Waals surface area (Å²) in [7, 11) is 1.69. The van der Waals surface area contributed by atoms with E-state index in [4.69, 9.17) is 29.3 Å². The van der Waals surface area contributed by atoms with Gasteiger partial charge in [-0.3, -0.25) is 9.88 Å². The van der Waals surface area contributed by atoms with Gasteiger partial charge in [0.15, 0.2) is 0 Å². The highest BCUT2D eigenvalue weighted by molar-refractivity contribution is 5.73. The van der Waals surface area contributed by atoms with Crippen molar-refractivity contribution in [2.45, 2.75) is 44.1 Å². The van der Waals surface area contributed by atoms with Crippen LogP contribution in [0.25, 0.3) is 11.3 Å². The maximum absolute atomic E-state index is 10.6. The van der Waals surface area contributed by atoms with Crippen LogP contribution in [0, 0.1) is 0 Å². The number of ether oxygens (including phenoxy) is 2. The third-order valence-corrected chi connectivity index (χ3v) is 6.31. The van der Waals surface area contributed by atoms with Crippen molar-refractivity contribution in [1.82, 2.24) is 19.4 Å². The highest BCUT2D eigenvalue weighted by Gasteiger charge is 2.43. The average molecular weight is 605 g/mol. The molecule has 1 unspecified atom stereocenters. The molecule has 0 bridgehead atoms. The smallest absolute Gasteiger partial charge is 0.490 e. The summed E-state index contributed by atoms with van der Waals surface area (Å²) >= 11 is 0. The number of aromatic nitrogens is 3. The lowest BCUT2D eigenvalue weighted by Gasteiger charge is -2.35. The molecule has 10 nitrogen and oxygen atoms in total. The number of benzene rings is 1. The predicted octanol–water partition coefficient (Wildman–Crippen LogP) is 4.40. The number of hydrogen-bond donors (Lipinski definition) is 2. The summed E-state index contributed by atoms with van der Waals surface area (Å²) in [5.41, 5.74) is 3.46. The number of carboxylic acids is 2. The molecule has 228 valence electrons. The third kappa shape index (κ3) is 8.66. The summed E-state index contributed by atoms with van der Waals surface area (Å²) in [4.78, 5) is 29.0. The Balaban J connectivity index is 0.000000289. The number of imidazole rings is 1. The Morgan fingerprint density at radius 2 is 1.55 bits per heavy atom. The highest BCUT2D eigenvalue weighted by Crippen LogP contribution is 2.36. The Morgan fingerprint density at radius 1 is 0.976 bits per heavy atom. The first-order chi connectivity index (χ1) is 19.6. The van der Waals surface area contributed by atoms with Crippen LogP contribution >= 0.6 is 0 Å². The van der Waals surface area contributed by atoms with Gasteiger partial charge in [-0.15, -0.1) is 0 Å². The zero-order chi connectivity index (χ0) is 31.1. The predicted molar refractivity (Wildman–Crippen MR) is 133 cm³/mol. The summed E-state index contributed by atoms with van der Waals surface area (Å²) in [5.74, 6) is -3.64. The topological polar surface area (TPSA) is 127 Å². The van der Waals surface area contributed by atoms with Gasteiger partial charge in [0.2, 0.25) is 0 Å². The molecule has 2 aliphatic heterocycles. The van der Waals surface area contributed by atoms with E-state index in [1.807, 2.05) is 30.7 Å². The molecule has 1 atom stereocenters. The Labute approximate surface area is 235 Å². The van der Waals surface area contributed by atoms with Crippen LogP contribution in [-0.4, -0.2) is 79.7 Å². The van der Waals surface area contributed by atoms with E-state index in [2.05, 4.69) is 43.7 Å². The number of alkyl halides is 6. The van der Waals surface area contributed by atoms with Gasteiger partial charge >= 0.3 is 24.3 Å². The summed E-state index contributed by atoms with van der Waals surface area (Å²) < 4.78 is 77.4. The Kier molecular flexibility index (Phi) is 10.2. The summed E-state index contributed by atoms with van der Waals surface area (Å²) in [6, 6.07) is 12.4. The van der Waals surface area contributed by atoms with Crippen molar-refractivity contribution in [1.29, 1.82) is 0 Å². The fraction of sp³-hybridized carbons (Fsp3) is 0.385. The van der Waals surface area contributed by atoms with Crippen LogP contribution in [-0.2, 0) is 34.0 Å².